The second-order valence-electron chi connectivity index (χ2n) is 3.55. The van der Waals surface area contributed by atoms with E-state index in [0.717, 1.165) is 0 Å². The normalized spacial score (nSPS) is 9.58. The first-order chi connectivity index (χ1) is 9.26. The molecule has 0 radical (unpaired) electrons. The lowest BCUT2D eigenvalue weighted by Crippen LogP contribution is -2.02. The van der Waals surface area contributed by atoms with E-state index >= 15 is 0 Å². The molecule has 0 bridgehead atoms. The molecule has 1 aromatic heterocycles. The van der Waals surface area contributed by atoms with Crippen molar-refractivity contribution in [1.82, 2.24) is 0 Å². The highest BCUT2D eigenvalue weighted by atomic mass is 16.5. The molecule has 2 rings (SSSR count). The second-order valence-corrected chi connectivity index (χ2v) is 3.55. The highest BCUT2D eigenvalue weighted by Crippen LogP contribution is 2.34. The number of hydrogen-bond acceptors (Lipinski definition) is 4. The van der Waals surface area contributed by atoms with Gasteiger partial charge in [0, 0.05) is 11.5 Å². The highest BCUT2D eigenvalue weighted by molar-refractivity contribution is 5.85. The van der Waals surface area contributed by atoms with Gasteiger partial charge < -0.3 is 13.9 Å². The summed E-state index contributed by atoms with van der Waals surface area (Å²) in [6.45, 7) is 0.110. The molecule has 0 spiro atoms. The van der Waals surface area contributed by atoms with Gasteiger partial charge >= 0.3 is 5.63 Å². The van der Waals surface area contributed by atoms with E-state index in [4.69, 9.17) is 26.7 Å². The fraction of sp³-hybridized carbons (Fsp3) is 0.133. The Balaban J connectivity index is 2.58. The van der Waals surface area contributed by atoms with Gasteiger partial charge in [0.15, 0.2) is 11.3 Å². The van der Waals surface area contributed by atoms with E-state index < -0.39 is 5.63 Å². The fourth-order valence-electron chi connectivity index (χ4n) is 1.57. The summed E-state index contributed by atoms with van der Waals surface area (Å²) in [4.78, 5) is 11.3. The average molecular weight is 254 g/mol. The largest absolute Gasteiger partial charge is 0.477 e. The summed E-state index contributed by atoms with van der Waals surface area (Å²) in [5.74, 6) is 5.35. The molecule has 0 fully saturated rings. The van der Waals surface area contributed by atoms with E-state index in [9.17, 15) is 4.79 Å². The van der Waals surface area contributed by atoms with Crippen LogP contribution in [0.15, 0.2) is 33.5 Å². The lowest BCUT2D eigenvalue weighted by Gasteiger charge is -2.11. The topological polar surface area (TPSA) is 48.7 Å². The maximum atomic E-state index is 11.3. The number of rotatable bonds is 4. The summed E-state index contributed by atoms with van der Waals surface area (Å²) in [5.41, 5.74) is -0.190. The van der Waals surface area contributed by atoms with Crippen LogP contribution in [-0.4, -0.2) is 13.2 Å². The van der Waals surface area contributed by atoms with Crippen LogP contribution in [0, 0.1) is 24.7 Å². The van der Waals surface area contributed by atoms with Crippen molar-refractivity contribution in [3.63, 3.8) is 0 Å². The van der Waals surface area contributed by atoms with Crippen LogP contribution in [0.2, 0.25) is 0 Å². The molecule has 0 N–H and O–H groups in total. The quantitative estimate of drug-likeness (QED) is 0.617. The molecule has 0 amide bonds. The van der Waals surface area contributed by atoms with Gasteiger partial charge in [-0.15, -0.1) is 12.8 Å². The van der Waals surface area contributed by atoms with E-state index in [1.807, 2.05) is 0 Å². The first kappa shape index (κ1) is 12.6. The van der Waals surface area contributed by atoms with Crippen molar-refractivity contribution in [2.45, 2.75) is 0 Å². The molecular weight excluding hydrogens is 244 g/mol. The minimum atomic E-state index is -0.479. The van der Waals surface area contributed by atoms with Gasteiger partial charge in [0.05, 0.1) is 0 Å². The summed E-state index contributed by atoms with van der Waals surface area (Å²) in [6, 6.07) is 6.39. The van der Waals surface area contributed by atoms with E-state index in [1.165, 1.54) is 6.07 Å². The van der Waals surface area contributed by atoms with Crippen molar-refractivity contribution in [1.29, 1.82) is 0 Å². The second kappa shape index (κ2) is 5.66. The van der Waals surface area contributed by atoms with Crippen LogP contribution >= 0.6 is 0 Å². The molecule has 0 unspecified atom stereocenters. The first-order valence-corrected chi connectivity index (χ1v) is 5.45. The van der Waals surface area contributed by atoms with Gasteiger partial charge in [0.1, 0.15) is 13.2 Å². The Morgan fingerprint density at radius 1 is 1.05 bits per heavy atom. The number of benzene rings is 1. The van der Waals surface area contributed by atoms with E-state index in [0.29, 0.717) is 11.1 Å². The molecule has 0 aliphatic rings. The number of terminal acetylenes is 2. The van der Waals surface area contributed by atoms with E-state index in [1.54, 1.807) is 18.2 Å². The van der Waals surface area contributed by atoms with Crippen LogP contribution in [0.1, 0.15) is 0 Å². The van der Waals surface area contributed by atoms with Crippen molar-refractivity contribution < 1.29 is 13.9 Å². The molecule has 4 nitrogen and oxygen atoms in total. The average Bonchev–Trinajstić information content (AvgIpc) is 2.43. The molecule has 2 aromatic rings. The number of fused-ring (bicyclic) bond motifs is 1. The molecule has 0 saturated heterocycles. The molecule has 0 saturated carbocycles. The standard InChI is InChI=1S/C15H10O4/c1-3-9-17-12-7-5-11-6-8-13(16)19-14(11)15(12)18-10-4-2/h1-2,5-8H,9-10H2. The van der Waals surface area contributed by atoms with Gasteiger partial charge in [-0.05, 0) is 18.2 Å². The van der Waals surface area contributed by atoms with Crippen LogP contribution in [0.5, 0.6) is 11.5 Å². The minimum absolute atomic E-state index is 0.0319. The summed E-state index contributed by atoms with van der Waals surface area (Å²) in [7, 11) is 0. The summed E-state index contributed by atoms with van der Waals surface area (Å²) in [6.07, 6.45) is 10.3. The van der Waals surface area contributed by atoms with Crippen LogP contribution in [-0.2, 0) is 0 Å². The van der Waals surface area contributed by atoms with Crippen LogP contribution in [0.3, 0.4) is 0 Å². The lowest BCUT2D eigenvalue weighted by molar-refractivity contribution is 0.313. The third-order valence-corrected chi connectivity index (χ3v) is 2.32. The predicted molar refractivity (Wildman–Crippen MR) is 71.1 cm³/mol. The Morgan fingerprint density at radius 2 is 1.74 bits per heavy atom. The third kappa shape index (κ3) is 2.70. The molecular formula is C15H10O4. The third-order valence-electron chi connectivity index (χ3n) is 2.32. The summed E-state index contributed by atoms with van der Waals surface area (Å²) < 4.78 is 15.9. The van der Waals surface area contributed by atoms with Crippen LogP contribution in [0.25, 0.3) is 11.0 Å². The summed E-state index contributed by atoms with van der Waals surface area (Å²) >= 11 is 0. The maximum Gasteiger partial charge on any atom is 0.336 e. The SMILES string of the molecule is C#CCOc1ccc2ccc(=O)oc2c1OCC#C. The van der Waals surface area contributed by atoms with Crippen LogP contribution < -0.4 is 15.1 Å². The monoisotopic (exact) mass is 254 g/mol. The predicted octanol–water partition coefficient (Wildman–Crippen LogP) is 1.82. The van der Waals surface area contributed by atoms with Gasteiger partial charge in [-0.3, -0.25) is 0 Å². The molecule has 94 valence electrons. The maximum absolute atomic E-state index is 11.3. The van der Waals surface area contributed by atoms with Crippen LogP contribution in [0.4, 0.5) is 0 Å². The fourth-order valence-corrected chi connectivity index (χ4v) is 1.57. The van der Waals surface area contributed by atoms with Gasteiger partial charge in [-0.1, -0.05) is 11.8 Å². The Bertz CT molecular complexity index is 728. The summed E-state index contributed by atoms with van der Waals surface area (Å²) in [5, 5.41) is 0.708. The molecule has 1 heterocycles. The van der Waals surface area contributed by atoms with Crippen molar-refractivity contribution in [3.05, 3.63) is 34.7 Å². The minimum Gasteiger partial charge on any atom is -0.477 e. The van der Waals surface area contributed by atoms with Gasteiger partial charge in [-0.2, -0.15) is 0 Å². The van der Waals surface area contributed by atoms with Crippen molar-refractivity contribution in [2.75, 3.05) is 13.2 Å². The zero-order valence-corrected chi connectivity index (χ0v) is 10.0. The number of hydrogen-bond donors (Lipinski definition) is 0. The lowest BCUT2D eigenvalue weighted by atomic mass is 10.2. The molecule has 19 heavy (non-hydrogen) atoms. The number of ether oxygens (including phenoxy) is 2. The zero-order chi connectivity index (χ0) is 13.7. The van der Waals surface area contributed by atoms with E-state index in [-0.39, 0.29) is 24.5 Å². The Hall–Kier alpha value is -2.85. The zero-order valence-electron chi connectivity index (χ0n) is 10.0. The van der Waals surface area contributed by atoms with Crippen molar-refractivity contribution >= 4 is 11.0 Å². The Morgan fingerprint density at radius 3 is 2.47 bits per heavy atom. The molecule has 1 aromatic carbocycles. The van der Waals surface area contributed by atoms with Crippen molar-refractivity contribution in [2.24, 2.45) is 0 Å². The Kier molecular flexibility index (Phi) is 3.75. The Labute approximate surface area is 109 Å². The van der Waals surface area contributed by atoms with Gasteiger partial charge in [0.25, 0.3) is 0 Å². The highest BCUT2D eigenvalue weighted by Gasteiger charge is 2.13. The molecule has 4 heteroatoms. The molecule has 0 aliphatic heterocycles. The smallest absolute Gasteiger partial charge is 0.336 e. The van der Waals surface area contributed by atoms with Gasteiger partial charge in [-0.25, -0.2) is 4.79 Å². The van der Waals surface area contributed by atoms with Gasteiger partial charge in [0.2, 0.25) is 5.75 Å². The first-order valence-electron chi connectivity index (χ1n) is 5.45. The van der Waals surface area contributed by atoms with E-state index in [2.05, 4.69) is 11.8 Å². The molecule has 0 atom stereocenters. The van der Waals surface area contributed by atoms with Crippen molar-refractivity contribution in [3.8, 4) is 36.2 Å². The molecule has 0 aliphatic carbocycles.